The minimum Gasteiger partial charge on any atom is -0.481 e. The topological polar surface area (TPSA) is 91.8 Å². The predicted octanol–water partition coefficient (Wildman–Crippen LogP) is 0.134. The van der Waals surface area contributed by atoms with E-state index in [0.717, 1.165) is 0 Å². The van der Waals surface area contributed by atoms with Crippen LogP contribution in [0.15, 0.2) is 0 Å². The lowest BCUT2D eigenvalue weighted by Crippen LogP contribution is -2.46. The van der Waals surface area contributed by atoms with E-state index in [2.05, 4.69) is 0 Å². The smallest absolute Gasteiger partial charge is 0.306 e. The molecule has 0 atom stereocenters. The summed E-state index contributed by atoms with van der Waals surface area (Å²) in [6, 6.07) is 0. The first-order chi connectivity index (χ1) is 8.89. The number of amides is 1. The Kier molecular flexibility index (Phi) is 4.13. The van der Waals surface area contributed by atoms with Gasteiger partial charge in [-0.05, 0) is 25.7 Å². The van der Waals surface area contributed by atoms with Crippen LogP contribution in [0.4, 0.5) is 0 Å². The second kappa shape index (κ2) is 5.48. The van der Waals surface area contributed by atoms with Crippen molar-refractivity contribution in [3.8, 4) is 0 Å². The van der Waals surface area contributed by atoms with Crippen LogP contribution in [0.25, 0.3) is 0 Å². The van der Waals surface area contributed by atoms with Gasteiger partial charge in [-0.2, -0.15) is 0 Å². The molecule has 19 heavy (non-hydrogen) atoms. The summed E-state index contributed by atoms with van der Waals surface area (Å²) in [5.74, 6) is -1.15. The quantitative estimate of drug-likeness (QED) is 0.780. The van der Waals surface area contributed by atoms with E-state index in [1.54, 1.807) is 4.90 Å². The van der Waals surface area contributed by atoms with E-state index >= 15 is 0 Å². The molecule has 2 rings (SSSR count). The van der Waals surface area contributed by atoms with Crippen LogP contribution in [0.3, 0.4) is 0 Å². The molecule has 2 aliphatic rings. The third-order valence-electron chi connectivity index (χ3n) is 4.08. The molecular formula is C12H19NO5S. The van der Waals surface area contributed by atoms with E-state index in [1.165, 1.54) is 0 Å². The molecule has 0 aromatic carbocycles. The number of carbonyl (C=O) groups is 2. The van der Waals surface area contributed by atoms with Gasteiger partial charge in [0.05, 0.1) is 17.4 Å². The van der Waals surface area contributed by atoms with Crippen LogP contribution in [0.2, 0.25) is 0 Å². The Labute approximate surface area is 112 Å². The maximum absolute atomic E-state index is 12.2. The zero-order chi connectivity index (χ0) is 14.0. The lowest BCUT2D eigenvalue weighted by Gasteiger charge is -2.33. The van der Waals surface area contributed by atoms with Gasteiger partial charge in [0, 0.05) is 19.0 Å². The summed E-state index contributed by atoms with van der Waals surface area (Å²) in [6.07, 6.45) is 2.27. The van der Waals surface area contributed by atoms with Gasteiger partial charge in [-0.25, -0.2) is 8.42 Å². The van der Waals surface area contributed by atoms with Gasteiger partial charge in [-0.3, -0.25) is 9.59 Å². The van der Waals surface area contributed by atoms with Crippen LogP contribution < -0.4 is 0 Å². The average molecular weight is 289 g/mol. The highest BCUT2D eigenvalue weighted by atomic mass is 32.2. The number of carboxylic acids is 1. The Morgan fingerprint density at radius 3 is 1.89 bits per heavy atom. The van der Waals surface area contributed by atoms with Gasteiger partial charge >= 0.3 is 5.97 Å². The van der Waals surface area contributed by atoms with E-state index < -0.39 is 15.8 Å². The molecule has 1 aliphatic carbocycles. The van der Waals surface area contributed by atoms with Gasteiger partial charge in [0.2, 0.25) is 5.91 Å². The molecule has 7 heteroatoms. The first-order valence-electron chi connectivity index (χ1n) is 6.61. The van der Waals surface area contributed by atoms with Crippen LogP contribution >= 0.6 is 0 Å². The Morgan fingerprint density at radius 2 is 1.42 bits per heavy atom. The highest BCUT2D eigenvalue weighted by Gasteiger charge is 2.34. The minimum absolute atomic E-state index is 0.00117. The second-order valence-electron chi connectivity index (χ2n) is 5.36. The average Bonchev–Trinajstić information content (AvgIpc) is 2.38. The van der Waals surface area contributed by atoms with Crippen LogP contribution in [0.1, 0.15) is 25.7 Å². The largest absolute Gasteiger partial charge is 0.481 e. The summed E-state index contributed by atoms with van der Waals surface area (Å²) in [7, 11) is -2.97. The molecular weight excluding hydrogens is 270 g/mol. The summed E-state index contributed by atoms with van der Waals surface area (Å²) >= 11 is 0. The fourth-order valence-corrected chi connectivity index (χ4v) is 3.98. The number of carbonyl (C=O) groups excluding carboxylic acids is 1. The Bertz CT molecular complexity index is 451. The Hall–Kier alpha value is -1.11. The first-order valence-corrected chi connectivity index (χ1v) is 8.43. The van der Waals surface area contributed by atoms with Crippen molar-refractivity contribution in [3.63, 3.8) is 0 Å². The number of carboxylic acid groups (broad SMARTS) is 1. The molecule has 1 amide bonds. The normalized spacial score (nSPS) is 30.8. The van der Waals surface area contributed by atoms with Gasteiger partial charge in [-0.15, -0.1) is 0 Å². The monoisotopic (exact) mass is 289 g/mol. The van der Waals surface area contributed by atoms with Crippen molar-refractivity contribution in [1.29, 1.82) is 0 Å². The van der Waals surface area contributed by atoms with Crippen molar-refractivity contribution in [2.24, 2.45) is 11.8 Å². The molecule has 2 fully saturated rings. The summed E-state index contributed by atoms with van der Waals surface area (Å²) in [6.45, 7) is 0.556. The molecule has 0 aromatic heterocycles. The van der Waals surface area contributed by atoms with Crippen LogP contribution in [-0.4, -0.2) is 54.9 Å². The molecule has 1 saturated carbocycles. The molecule has 0 bridgehead atoms. The molecule has 0 unspecified atom stereocenters. The van der Waals surface area contributed by atoms with Gasteiger partial charge < -0.3 is 10.0 Å². The van der Waals surface area contributed by atoms with Crippen molar-refractivity contribution in [2.75, 3.05) is 24.6 Å². The fourth-order valence-electron chi connectivity index (χ4n) is 2.78. The second-order valence-corrected chi connectivity index (χ2v) is 7.67. The number of sulfone groups is 1. The number of aliphatic carboxylic acids is 1. The summed E-state index contributed by atoms with van der Waals surface area (Å²) in [4.78, 5) is 24.7. The van der Waals surface area contributed by atoms with Crippen molar-refractivity contribution in [3.05, 3.63) is 0 Å². The standard InChI is InChI=1S/C12H19NO5S/c14-11(13-5-7-19(17,18)8-6-13)9-1-3-10(4-2-9)12(15)16/h9-10H,1-8H2,(H,15,16). The van der Waals surface area contributed by atoms with Gasteiger partial charge in [-0.1, -0.05) is 0 Å². The minimum atomic E-state index is -2.97. The van der Waals surface area contributed by atoms with Crippen molar-refractivity contribution < 1.29 is 23.1 Å². The number of hydrogen-bond acceptors (Lipinski definition) is 4. The number of hydrogen-bond donors (Lipinski definition) is 1. The van der Waals surface area contributed by atoms with E-state index in [1.807, 2.05) is 0 Å². The van der Waals surface area contributed by atoms with Gasteiger partial charge in [0.15, 0.2) is 9.84 Å². The van der Waals surface area contributed by atoms with E-state index in [9.17, 15) is 18.0 Å². The Morgan fingerprint density at radius 1 is 0.947 bits per heavy atom. The first kappa shape index (κ1) is 14.3. The molecule has 1 aliphatic heterocycles. The van der Waals surface area contributed by atoms with Gasteiger partial charge in [0.1, 0.15) is 0 Å². The van der Waals surface area contributed by atoms with E-state index in [-0.39, 0.29) is 42.3 Å². The van der Waals surface area contributed by atoms with Crippen LogP contribution in [0, 0.1) is 11.8 Å². The van der Waals surface area contributed by atoms with E-state index in [0.29, 0.717) is 25.7 Å². The summed E-state index contributed by atoms with van der Waals surface area (Å²) in [5.41, 5.74) is 0. The van der Waals surface area contributed by atoms with Gasteiger partial charge in [0.25, 0.3) is 0 Å². The summed E-state index contributed by atoms with van der Waals surface area (Å²) < 4.78 is 22.6. The molecule has 0 aromatic rings. The molecule has 0 radical (unpaired) electrons. The molecule has 6 nitrogen and oxygen atoms in total. The Balaban J connectivity index is 1.87. The molecule has 1 saturated heterocycles. The summed E-state index contributed by atoms with van der Waals surface area (Å²) in [5, 5.41) is 8.91. The third kappa shape index (κ3) is 3.46. The van der Waals surface area contributed by atoms with E-state index in [4.69, 9.17) is 5.11 Å². The van der Waals surface area contributed by atoms with Crippen molar-refractivity contribution in [2.45, 2.75) is 25.7 Å². The zero-order valence-electron chi connectivity index (χ0n) is 10.7. The maximum atomic E-state index is 12.2. The SMILES string of the molecule is O=C(O)C1CCC(C(=O)N2CCS(=O)(=O)CC2)CC1. The van der Waals surface area contributed by atoms with Crippen LogP contribution in [-0.2, 0) is 19.4 Å². The highest BCUT2D eigenvalue weighted by molar-refractivity contribution is 7.91. The maximum Gasteiger partial charge on any atom is 0.306 e. The lowest BCUT2D eigenvalue weighted by atomic mass is 9.81. The number of nitrogens with zero attached hydrogens (tertiary/aromatic N) is 1. The molecule has 108 valence electrons. The highest BCUT2D eigenvalue weighted by Crippen LogP contribution is 2.30. The predicted molar refractivity (Wildman–Crippen MR) is 68.3 cm³/mol. The fraction of sp³-hybridized carbons (Fsp3) is 0.833. The molecule has 1 N–H and O–H groups in total. The number of rotatable bonds is 2. The zero-order valence-corrected chi connectivity index (χ0v) is 11.6. The van der Waals surface area contributed by atoms with Crippen molar-refractivity contribution in [1.82, 2.24) is 4.90 Å². The third-order valence-corrected chi connectivity index (χ3v) is 5.69. The lowest BCUT2D eigenvalue weighted by molar-refractivity contribution is -0.145. The van der Waals surface area contributed by atoms with Crippen LogP contribution in [0.5, 0.6) is 0 Å². The van der Waals surface area contributed by atoms with Crippen molar-refractivity contribution >= 4 is 21.7 Å². The molecule has 1 heterocycles. The molecule has 0 spiro atoms.